The van der Waals surface area contributed by atoms with Crippen LogP contribution in [0.4, 0.5) is 0 Å². The number of rotatable bonds is 27. The number of aliphatic carboxylic acids is 6. The first-order chi connectivity index (χ1) is 45.8. The summed E-state index contributed by atoms with van der Waals surface area (Å²) in [6, 6.07) is 19.6. The summed E-state index contributed by atoms with van der Waals surface area (Å²) in [6.45, 7) is 1.23. The predicted octanol–water partition coefficient (Wildman–Crippen LogP) is -3.33. The Morgan fingerprint density at radius 3 is 0.876 bits per heavy atom. The molecule has 6 rings (SSSR count). The molecule has 2 unspecified atom stereocenters. The number of carboxylic acids is 6. The summed E-state index contributed by atoms with van der Waals surface area (Å²) in [5, 5.41) is 65.3. The Hall–Kier alpha value is -8.36. The van der Waals surface area contributed by atoms with E-state index in [9.17, 15) is 88.2 Å². The summed E-state index contributed by atoms with van der Waals surface area (Å²) in [5.74, 6) is -10.7. The number of hydrazine groups is 2. The van der Waals surface area contributed by atoms with Gasteiger partial charge in [0.05, 0.1) is 64.4 Å². The molecule has 2 aliphatic rings. The molecule has 2 aliphatic heterocycles. The van der Waals surface area contributed by atoms with Gasteiger partial charge in [0.2, 0.25) is 11.8 Å². The number of nitrogens with one attached hydrogen (secondary N) is 6. The number of hydrogen-bond donors (Lipinski definition) is 12. The third-order valence-electron chi connectivity index (χ3n) is 16.0. The summed E-state index contributed by atoms with van der Waals surface area (Å²) >= 11 is 0. The second-order valence-corrected chi connectivity index (χ2v) is 23.0. The van der Waals surface area contributed by atoms with Gasteiger partial charge in [-0.05, 0) is 47.5 Å². The van der Waals surface area contributed by atoms with Crippen LogP contribution in [0.15, 0.2) is 72.8 Å². The van der Waals surface area contributed by atoms with Gasteiger partial charge in [-0.3, -0.25) is 118 Å². The number of nitrogens with zero attached hydrogens (tertiary/aromatic N) is 8. The fourth-order valence-electron chi connectivity index (χ4n) is 10.9. The average Bonchev–Trinajstić information content (AvgIpc) is 0.755. The molecule has 0 bridgehead atoms. The molecule has 35 heteroatoms. The summed E-state index contributed by atoms with van der Waals surface area (Å²) < 4.78 is 12.3. The van der Waals surface area contributed by atoms with Gasteiger partial charge in [-0.1, -0.05) is 60.7 Å². The Kier molecular flexibility index (Phi) is 33.0. The number of benzene rings is 4. The molecule has 6 amide bonds. The van der Waals surface area contributed by atoms with Crippen molar-refractivity contribution >= 4 is 92.8 Å². The van der Waals surface area contributed by atoms with E-state index in [0.29, 0.717) is 21.9 Å². The van der Waals surface area contributed by atoms with E-state index in [1.165, 1.54) is 0 Å². The number of carbonyl (C=O) groups excluding carboxylic acids is 6. The molecule has 2 atom stereocenters. The summed E-state index contributed by atoms with van der Waals surface area (Å²) in [6.07, 6.45) is 0. The molecule has 97 heavy (non-hydrogen) atoms. The number of amides is 6. The first kappa shape index (κ1) is 79.3. The molecule has 0 aromatic heterocycles. The minimum Gasteiger partial charge on any atom is -0.483 e. The van der Waals surface area contributed by atoms with E-state index in [-0.39, 0.29) is 195 Å². The third-order valence-corrected chi connectivity index (χ3v) is 16.0. The van der Waals surface area contributed by atoms with Crippen molar-refractivity contribution in [1.82, 2.24) is 71.5 Å². The maximum atomic E-state index is 13.6. The molecular formula is C62H84GdN14O20+3. The SMILES string of the molecule is CC(C(=O)NCC(=O)NNC(=O)COc1ccc2ccccc2c1-c1c(OCC(=O)NNC(=O)CNC(=O)C(C)N2CCN(CC(=O)O)CCN(CC(=O)O)CCN(CC(=O)O)CC2)ccc2ccccc12)N1CCN(CC(=O)O)CCN(CC(=O)O)CCN(CC(=O)O)CC1.[Gd+3]. The van der Waals surface area contributed by atoms with Crippen molar-refractivity contribution in [2.45, 2.75) is 25.9 Å². The van der Waals surface area contributed by atoms with Crippen LogP contribution < -0.4 is 41.8 Å². The maximum Gasteiger partial charge on any atom is 3.00 e. The van der Waals surface area contributed by atoms with E-state index in [4.69, 9.17) is 9.47 Å². The number of ether oxygens (including phenoxy) is 2. The van der Waals surface area contributed by atoms with E-state index >= 15 is 0 Å². The number of fused-ring (bicyclic) bond motifs is 2. The largest absolute Gasteiger partial charge is 3.00 e. The molecule has 0 saturated carbocycles. The number of carbonyl (C=O) groups is 12. The van der Waals surface area contributed by atoms with Gasteiger partial charge < -0.3 is 50.7 Å². The van der Waals surface area contributed by atoms with Crippen LogP contribution in [0.3, 0.4) is 0 Å². The van der Waals surface area contributed by atoms with E-state index in [1.54, 1.807) is 89.4 Å². The van der Waals surface area contributed by atoms with Crippen LogP contribution in [-0.2, 0) is 57.5 Å². The summed E-state index contributed by atoms with van der Waals surface area (Å²) in [5.41, 5.74) is 9.98. The molecule has 2 heterocycles. The predicted molar refractivity (Wildman–Crippen MR) is 343 cm³/mol. The Morgan fingerprint density at radius 1 is 0.361 bits per heavy atom. The van der Waals surface area contributed by atoms with Gasteiger partial charge in [0.15, 0.2) is 13.2 Å². The zero-order chi connectivity index (χ0) is 69.8. The topological polar surface area (TPSA) is 443 Å². The van der Waals surface area contributed by atoms with E-state index in [0.717, 1.165) is 10.8 Å². The molecular weight excluding hydrogens is 1420 g/mol. The Balaban J connectivity index is 0.0000170. The van der Waals surface area contributed by atoms with Crippen molar-refractivity contribution in [3.8, 4) is 22.6 Å². The fraction of sp³-hybridized carbons (Fsp3) is 0.484. The zero-order valence-electron chi connectivity index (χ0n) is 53.8. The van der Waals surface area contributed by atoms with Gasteiger partial charge in [0.1, 0.15) is 11.5 Å². The van der Waals surface area contributed by atoms with Crippen molar-refractivity contribution in [3.63, 3.8) is 0 Å². The molecule has 2 fully saturated rings. The van der Waals surface area contributed by atoms with Gasteiger partial charge in [-0.2, -0.15) is 0 Å². The third kappa shape index (κ3) is 27.2. The van der Waals surface area contributed by atoms with Crippen LogP contribution in [0, 0.1) is 39.9 Å². The summed E-state index contributed by atoms with van der Waals surface area (Å²) in [4.78, 5) is 163. The van der Waals surface area contributed by atoms with Crippen molar-refractivity contribution < 1.29 is 138 Å². The molecule has 1 radical (unpaired) electrons. The average molecular weight is 1500 g/mol. The van der Waals surface area contributed by atoms with Crippen LogP contribution >= 0.6 is 0 Å². The Morgan fingerprint density at radius 2 is 0.608 bits per heavy atom. The minimum atomic E-state index is -1.11. The van der Waals surface area contributed by atoms with Crippen molar-refractivity contribution in [2.24, 2.45) is 0 Å². The quantitative estimate of drug-likeness (QED) is 0.0260. The molecule has 34 nitrogen and oxygen atoms in total. The first-order valence-corrected chi connectivity index (χ1v) is 31.0. The van der Waals surface area contributed by atoms with Gasteiger partial charge in [-0.15, -0.1) is 0 Å². The van der Waals surface area contributed by atoms with E-state index in [1.807, 2.05) is 36.4 Å². The second-order valence-electron chi connectivity index (χ2n) is 23.0. The number of hydrogen-bond acceptors (Lipinski definition) is 22. The summed E-state index contributed by atoms with van der Waals surface area (Å²) in [7, 11) is 0. The smallest absolute Gasteiger partial charge is 0.483 e. The molecule has 4 aromatic rings. The Labute approximate surface area is 590 Å². The fourth-order valence-corrected chi connectivity index (χ4v) is 10.9. The van der Waals surface area contributed by atoms with E-state index < -0.39 is 110 Å². The van der Waals surface area contributed by atoms with E-state index in [2.05, 4.69) is 32.3 Å². The molecule has 0 aliphatic carbocycles. The van der Waals surface area contributed by atoms with Crippen molar-refractivity contribution in [2.75, 3.05) is 170 Å². The second kappa shape index (κ2) is 40.4. The van der Waals surface area contributed by atoms with Gasteiger partial charge >= 0.3 is 75.8 Å². The van der Waals surface area contributed by atoms with Crippen LogP contribution in [0.1, 0.15) is 13.8 Å². The van der Waals surface area contributed by atoms with Crippen molar-refractivity contribution in [3.05, 3.63) is 72.8 Å². The van der Waals surface area contributed by atoms with Gasteiger partial charge in [0, 0.05) is 116 Å². The normalized spacial score (nSPS) is 16.6. The molecule has 4 aromatic carbocycles. The standard InChI is InChI=1S/C62H84N14O20.Gd/c1-41(75-27-23-71(35-55(85)86)19-15-69(33-53(81)82)16-20-72(24-28-75)36-56(87)88)61(93)63-31-49(77)65-67-51(79)39-95-47-13-11-43-7-3-5-9-45(43)59(47)60-46-10-6-4-8-44(46)12-14-48(60)96-40-52(80)68-66-50(78)32-64-62(94)42(2)76-29-25-73(37-57(89)90)21-17-70(34-54(83)84)18-22-74(26-30-76)38-58(91)92;/h3-14,41-42H,15-40H2,1-2H3,(H,63,93)(H,64,94)(H,65,77)(H,66,78)(H,67,79)(H,68,80)(H,81,82)(H,83,84)(H,85,86)(H,87,88)(H,89,90)(H,91,92);/q;+3. The van der Waals surface area contributed by atoms with Crippen molar-refractivity contribution in [1.29, 1.82) is 0 Å². The van der Waals surface area contributed by atoms with Gasteiger partial charge in [0.25, 0.3) is 23.6 Å². The van der Waals surface area contributed by atoms with Crippen LogP contribution in [0.5, 0.6) is 11.5 Å². The first-order valence-electron chi connectivity index (χ1n) is 31.0. The maximum absolute atomic E-state index is 13.6. The minimum absolute atomic E-state index is 0. The zero-order valence-corrected chi connectivity index (χ0v) is 56.1. The molecule has 12 N–H and O–H groups in total. The molecule has 0 spiro atoms. The monoisotopic (exact) mass is 1500 g/mol. The molecule has 2 saturated heterocycles. The van der Waals surface area contributed by atoms with Crippen LogP contribution in [0.2, 0.25) is 0 Å². The Bertz CT molecular complexity index is 3140. The van der Waals surface area contributed by atoms with Gasteiger partial charge in [-0.25, -0.2) is 0 Å². The molecule has 527 valence electrons. The van der Waals surface area contributed by atoms with Crippen LogP contribution in [0.25, 0.3) is 32.7 Å². The van der Waals surface area contributed by atoms with Crippen LogP contribution in [-0.4, -0.2) is 323 Å². The number of carboxylic acid groups (broad SMARTS) is 6.